The van der Waals surface area contributed by atoms with E-state index in [0.29, 0.717) is 5.82 Å². The van der Waals surface area contributed by atoms with Crippen molar-refractivity contribution in [2.45, 2.75) is 13.8 Å². The number of nitrogens with two attached hydrogens (primary N) is 1. The molecule has 0 amide bonds. The molecule has 2 aromatic rings. The van der Waals surface area contributed by atoms with Crippen LogP contribution in [0, 0.1) is 0 Å². The maximum atomic E-state index is 5.65. The minimum atomic E-state index is 0.600. The quantitative estimate of drug-likeness (QED) is 0.670. The van der Waals surface area contributed by atoms with Crippen molar-refractivity contribution in [1.82, 2.24) is 9.55 Å². The number of aryl methyl sites for hydroxylation is 1. The van der Waals surface area contributed by atoms with Crippen molar-refractivity contribution in [1.29, 1.82) is 0 Å². The summed E-state index contributed by atoms with van der Waals surface area (Å²) in [5.74, 6) is 0.600. The highest BCUT2D eigenvalue weighted by molar-refractivity contribution is 5.88. The van der Waals surface area contributed by atoms with Gasteiger partial charge in [-0.2, -0.15) is 0 Å². The van der Waals surface area contributed by atoms with Crippen LogP contribution >= 0.6 is 0 Å². The summed E-state index contributed by atoms with van der Waals surface area (Å²) in [6, 6.07) is 3.92. The van der Waals surface area contributed by atoms with Crippen molar-refractivity contribution in [3.8, 4) is 0 Å². The standard InChI is InChI=1S/C8H9N3.C2H6/c1-11-5-3-6-7(11)2-4-10-8(6)9;1-2/h2-5H,1H3,(H2,9,10);1-2H3. The third-order valence-corrected chi connectivity index (χ3v) is 1.84. The van der Waals surface area contributed by atoms with E-state index in [1.807, 2.05) is 43.8 Å². The first-order chi connectivity index (χ1) is 6.29. The van der Waals surface area contributed by atoms with Crippen molar-refractivity contribution in [3.05, 3.63) is 24.5 Å². The molecule has 0 aliphatic heterocycles. The van der Waals surface area contributed by atoms with Gasteiger partial charge in [0.05, 0.1) is 5.52 Å². The summed E-state index contributed by atoms with van der Waals surface area (Å²) in [7, 11) is 1.99. The van der Waals surface area contributed by atoms with Gasteiger partial charge in [0.15, 0.2) is 0 Å². The zero-order chi connectivity index (χ0) is 9.84. The first kappa shape index (κ1) is 9.58. The number of aromatic nitrogens is 2. The van der Waals surface area contributed by atoms with Crippen LogP contribution in [-0.4, -0.2) is 9.55 Å². The van der Waals surface area contributed by atoms with Gasteiger partial charge in [-0.3, -0.25) is 0 Å². The van der Waals surface area contributed by atoms with Gasteiger partial charge < -0.3 is 10.3 Å². The average Bonchev–Trinajstić information content (AvgIpc) is 2.53. The number of hydrogen-bond donors (Lipinski definition) is 1. The Morgan fingerprint density at radius 1 is 1.31 bits per heavy atom. The van der Waals surface area contributed by atoms with Crippen LogP contribution in [0.15, 0.2) is 24.5 Å². The lowest BCUT2D eigenvalue weighted by Crippen LogP contribution is -1.90. The highest BCUT2D eigenvalue weighted by atomic mass is 14.9. The summed E-state index contributed by atoms with van der Waals surface area (Å²) in [6.45, 7) is 4.00. The summed E-state index contributed by atoms with van der Waals surface area (Å²) in [5.41, 5.74) is 6.77. The van der Waals surface area contributed by atoms with E-state index in [-0.39, 0.29) is 0 Å². The van der Waals surface area contributed by atoms with Gasteiger partial charge in [-0.25, -0.2) is 4.98 Å². The summed E-state index contributed by atoms with van der Waals surface area (Å²) in [6.07, 6.45) is 3.69. The van der Waals surface area contributed by atoms with Gasteiger partial charge in [0.1, 0.15) is 5.82 Å². The molecule has 0 unspecified atom stereocenters. The Hall–Kier alpha value is -1.51. The highest BCUT2D eigenvalue weighted by Gasteiger charge is 1.99. The van der Waals surface area contributed by atoms with Gasteiger partial charge in [-0.05, 0) is 12.1 Å². The second kappa shape index (κ2) is 3.94. The van der Waals surface area contributed by atoms with Crippen molar-refractivity contribution in [2.24, 2.45) is 7.05 Å². The van der Waals surface area contributed by atoms with Crippen LogP contribution < -0.4 is 5.73 Å². The van der Waals surface area contributed by atoms with Gasteiger partial charge in [-0.1, -0.05) is 13.8 Å². The van der Waals surface area contributed by atoms with E-state index >= 15 is 0 Å². The Labute approximate surface area is 78.2 Å². The van der Waals surface area contributed by atoms with Crippen molar-refractivity contribution < 1.29 is 0 Å². The molecule has 2 rings (SSSR count). The van der Waals surface area contributed by atoms with E-state index < -0.39 is 0 Å². The fourth-order valence-corrected chi connectivity index (χ4v) is 1.22. The summed E-state index contributed by atoms with van der Waals surface area (Å²) in [4.78, 5) is 3.99. The number of fused-ring (bicyclic) bond motifs is 1. The van der Waals surface area contributed by atoms with E-state index in [1.165, 1.54) is 0 Å². The van der Waals surface area contributed by atoms with Gasteiger partial charge >= 0.3 is 0 Å². The summed E-state index contributed by atoms with van der Waals surface area (Å²) in [5, 5.41) is 1.02. The molecule has 0 aliphatic rings. The fourth-order valence-electron chi connectivity index (χ4n) is 1.22. The summed E-state index contributed by atoms with van der Waals surface area (Å²) >= 11 is 0. The SMILES string of the molecule is CC.Cn1ccc2c(N)nccc21. The van der Waals surface area contributed by atoms with Crippen molar-refractivity contribution in [3.63, 3.8) is 0 Å². The molecule has 0 atom stereocenters. The molecule has 2 N–H and O–H groups in total. The predicted molar refractivity (Wildman–Crippen MR) is 56.5 cm³/mol. The van der Waals surface area contributed by atoms with Crippen LogP contribution in [0.25, 0.3) is 10.9 Å². The molecule has 2 heterocycles. The Balaban J connectivity index is 0.000000396. The topological polar surface area (TPSA) is 43.8 Å². The van der Waals surface area contributed by atoms with Gasteiger partial charge in [0.2, 0.25) is 0 Å². The maximum Gasteiger partial charge on any atom is 0.132 e. The molecule has 3 nitrogen and oxygen atoms in total. The zero-order valence-corrected chi connectivity index (χ0v) is 8.28. The van der Waals surface area contributed by atoms with Crippen LogP contribution in [0.2, 0.25) is 0 Å². The number of hydrogen-bond acceptors (Lipinski definition) is 2. The van der Waals surface area contributed by atoms with Crippen LogP contribution in [-0.2, 0) is 7.05 Å². The lowest BCUT2D eigenvalue weighted by atomic mass is 10.3. The lowest BCUT2D eigenvalue weighted by molar-refractivity contribution is 0.968. The minimum absolute atomic E-state index is 0.600. The Morgan fingerprint density at radius 2 is 2.00 bits per heavy atom. The van der Waals surface area contributed by atoms with E-state index in [0.717, 1.165) is 10.9 Å². The maximum absolute atomic E-state index is 5.65. The molecule has 70 valence electrons. The fraction of sp³-hybridized carbons (Fsp3) is 0.300. The first-order valence-corrected chi connectivity index (χ1v) is 4.44. The number of pyridine rings is 1. The van der Waals surface area contributed by atoms with Gasteiger partial charge in [-0.15, -0.1) is 0 Å². The smallest absolute Gasteiger partial charge is 0.132 e. The molecule has 0 bridgehead atoms. The molecule has 13 heavy (non-hydrogen) atoms. The Morgan fingerprint density at radius 3 is 2.62 bits per heavy atom. The number of nitrogen functional groups attached to an aromatic ring is 1. The first-order valence-electron chi connectivity index (χ1n) is 4.44. The molecule has 0 saturated heterocycles. The van der Waals surface area contributed by atoms with E-state index in [9.17, 15) is 0 Å². The normalized spacial score (nSPS) is 9.46. The highest BCUT2D eigenvalue weighted by Crippen LogP contribution is 2.17. The van der Waals surface area contributed by atoms with Gasteiger partial charge in [0, 0.05) is 24.8 Å². The molecule has 2 aromatic heterocycles. The largest absolute Gasteiger partial charge is 0.383 e. The molecular formula is C10H15N3. The molecule has 0 saturated carbocycles. The minimum Gasteiger partial charge on any atom is -0.383 e. The van der Waals surface area contributed by atoms with Crippen LogP contribution in [0.5, 0.6) is 0 Å². The van der Waals surface area contributed by atoms with Crippen molar-refractivity contribution in [2.75, 3.05) is 5.73 Å². The molecule has 0 radical (unpaired) electrons. The molecular weight excluding hydrogens is 162 g/mol. The molecule has 0 fully saturated rings. The van der Waals surface area contributed by atoms with E-state index in [4.69, 9.17) is 5.73 Å². The molecule has 3 heteroatoms. The lowest BCUT2D eigenvalue weighted by Gasteiger charge is -1.96. The Bertz CT molecular complexity index is 390. The van der Waals surface area contributed by atoms with Crippen LogP contribution in [0.3, 0.4) is 0 Å². The van der Waals surface area contributed by atoms with Gasteiger partial charge in [0.25, 0.3) is 0 Å². The van der Waals surface area contributed by atoms with Crippen LogP contribution in [0.4, 0.5) is 5.82 Å². The zero-order valence-electron chi connectivity index (χ0n) is 8.28. The van der Waals surface area contributed by atoms with Crippen molar-refractivity contribution >= 4 is 16.7 Å². The number of rotatable bonds is 0. The molecule has 0 aliphatic carbocycles. The van der Waals surface area contributed by atoms with Crippen LogP contribution in [0.1, 0.15) is 13.8 Å². The second-order valence-electron chi connectivity index (χ2n) is 2.56. The molecule has 0 aromatic carbocycles. The predicted octanol–water partition coefficient (Wildman–Crippen LogP) is 2.18. The number of nitrogens with zero attached hydrogens (tertiary/aromatic N) is 2. The second-order valence-corrected chi connectivity index (χ2v) is 2.56. The van der Waals surface area contributed by atoms with E-state index in [2.05, 4.69) is 4.98 Å². The third kappa shape index (κ3) is 1.64. The molecule has 0 spiro atoms. The third-order valence-electron chi connectivity index (χ3n) is 1.84. The average molecular weight is 177 g/mol. The Kier molecular flexibility index (Phi) is 2.90. The monoisotopic (exact) mass is 177 g/mol. The summed E-state index contributed by atoms with van der Waals surface area (Å²) < 4.78 is 2.02. The number of anilines is 1. The van der Waals surface area contributed by atoms with E-state index in [1.54, 1.807) is 6.20 Å².